The van der Waals surface area contributed by atoms with E-state index < -0.39 is 0 Å². The summed E-state index contributed by atoms with van der Waals surface area (Å²) in [4.78, 5) is 75.1. The van der Waals surface area contributed by atoms with Crippen molar-refractivity contribution in [2.24, 2.45) is 0 Å². The highest BCUT2D eigenvalue weighted by Gasteiger charge is 2.27. The van der Waals surface area contributed by atoms with Crippen LogP contribution in [-0.2, 0) is 0 Å². The number of hydrogen-bond acceptors (Lipinski definition) is 16. The van der Waals surface area contributed by atoms with Crippen LogP contribution in [-0.4, -0.2) is 125 Å². The Hall–Kier alpha value is -20.8. The highest BCUT2D eigenvalue weighted by atomic mass is 15.2. The van der Waals surface area contributed by atoms with Crippen LogP contribution in [0.5, 0.6) is 0 Å². The lowest BCUT2D eigenvalue weighted by Gasteiger charge is -2.11. The molecule has 0 N–H and O–H groups in total. The molecule has 0 amide bonds. The summed E-state index contributed by atoms with van der Waals surface area (Å²) in [6.07, 6.45) is 28.1. The van der Waals surface area contributed by atoms with Crippen LogP contribution in [0.15, 0.2) is 475 Å². The van der Waals surface area contributed by atoms with Gasteiger partial charge >= 0.3 is 0 Å². The summed E-state index contributed by atoms with van der Waals surface area (Å²) in [5.74, 6) is 3.18. The predicted octanol–water partition coefficient (Wildman–Crippen LogP) is 25.5. The van der Waals surface area contributed by atoms with Gasteiger partial charge in [-0.25, -0.2) is 49.8 Å². The molecule has 0 aliphatic carbocycles. The van der Waals surface area contributed by atoms with Crippen molar-refractivity contribution < 1.29 is 0 Å². The molecular formula is C120H78N26. The summed E-state index contributed by atoms with van der Waals surface area (Å²) in [7, 11) is 0. The normalized spacial score (nSPS) is 11.6. The zero-order valence-corrected chi connectivity index (χ0v) is 77.7. The van der Waals surface area contributed by atoms with Gasteiger partial charge in [0.15, 0.2) is 33.9 Å². The van der Waals surface area contributed by atoms with Crippen molar-refractivity contribution in [1.29, 1.82) is 0 Å². The molecule has 0 aliphatic heterocycles. The van der Waals surface area contributed by atoms with Gasteiger partial charge in [0.25, 0.3) is 0 Å². The second-order valence-electron chi connectivity index (χ2n) is 34.8. The number of rotatable bonds is 11. The predicted molar refractivity (Wildman–Crippen MR) is 576 cm³/mol. The summed E-state index contributed by atoms with van der Waals surface area (Å²) in [5.41, 5.74) is 32.1. The van der Waals surface area contributed by atoms with Gasteiger partial charge in [-0.2, -0.15) is 0 Å². The molecule has 26 heteroatoms. The van der Waals surface area contributed by atoms with E-state index in [-0.39, 0.29) is 0 Å². The number of benzene rings is 7. The first-order valence-electron chi connectivity index (χ1n) is 47.6. The third-order valence-corrected chi connectivity index (χ3v) is 26.3. The van der Waals surface area contributed by atoms with Crippen molar-refractivity contribution in [3.63, 3.8) is 0 Å². The number of aromatic nitrogens is 26. The molecule has 0 saturated heterocycles. The molecule has 0 radical (unpaired) electrons. The smallest absolute Gasteiger partial charge is 0.237 e. The van der Waals surface area contributed by atoms with Gasteiger partial charge in [0.1, 0.15) is 67.6 Å². The third-order valence-electron chi connectivity index (χ3n) is 26.3. The Morgan fingerprint density at radius 3 is 0.966 bits per heavy atom. The van der Waals surface area contributed by atoms with E-state index in [1.807, 2.05) is 284 Å². The SMILES string of the molecule is c1cc(-c2ccncc2)nc(-n2c3ccccc3c3nc4ccccn4c32)c1.c1ccc(-c2cc(-c3ccccc3)nc(-n3c4ccccc4c4nc5cnccn5c43)n2)cc1.c1ccc(-c2cccc(-n3c4ccccc4c4nc5ccccn5c43)n2)nc1.c1ccc2c(c1)c1nc3ccccn3c1n2-c1ccc(-c2ccncc2)nc1.c1cncc(-c2cccc(-n3c4ccccc4c4nc5ccccn5c43)n2)c1. The highest BCUT2D eigenvalue weighted by molar-refractivity contribution is 6.12. The van der Waals surface area contributed by atoms with E-state index in [4.69, 9.17) is 54.8 Å². The maximum absolute atomic E-state index is 5.05. The van der Waals surface area contributed by atoms with Gasteiger partial charge in [0.2, 0.25) is 5.95 Å². The number of nitrogens with zero attached hydrogens (tertiary/aromatic N) is 26. The molecule has 0 bridgehead atoms. The lowest BCUT2D eigenvalue weighted by Crippen LogP contribution is -2.05. The summed E-state index contributed by atoms with van der Waals surface area (Å²) in [6, 6.07) is 128. The van der Waals surface area contributed by atoms with E-state index >= 15 is 0 Å². The maximum Gasteiger partial charge on any atom is 0.237 e. The van der Waals surface area contributed by atoms with Crippen LogP contribution in [0.25, 0.3) is 235 Å². The molecule has 0 saturated carbocycles. The van der Waals surface area contributed by atoms with Gasteiger partial charge in [0, 0.05) is 135 Å². The molecule has 26 nitrogen and oxygen atoms in total. The van der Waals surface area contributed by atoms with E-state index in [9.17, 15) is 0 Å². The maximum atomic E-state index is 5.05. The molecule has 0 atom stereocenters. The van der Waals surface area contributed by atoms with E-state index in [1.54, 1.807) is 49.6 Å². The summed E-state index contributed by atoms with van der Waals surface area (Å²) in [5, 5.41) is 5.55. The number of pyridine rings is 12. The summed E-state index contributed by atoms with van der Waals surface area (Å²) >= 11 is 0. The molecule has 0 spiro atoms. The number of fused-ring (bicyclic) bond motifs is 25. The molecule has 31 aromatic rings. The largest absolute Gasteiger partial charge is 0.292 e. The first-order chi connectivity index (χ1) is 72.5. The number of imidazole rings is 5. The van der Waals surface area contributed by atoms with Crippen LogP contribution >= 0.6 is 0 Å². The van der Waals surface area contributed by atoms with Crippen molar-refractivity contribution in [3.8, 4) is 96.8 Å². The Bertz CT molecular complexity index is 9730. The highest BCUT2D eigenvalue weighted by Crippen LogP contribution is 2.41. The van der Waals surface area contributed by atoms with Crippen molar-refractivity contribution in [1.82, 2.24) is 125 Å². The van der Waals surface area contributed by atoms with E-state index in [0.29, 0.717) is 5.95 Å². The van der Waals surface area contributed by atoms with E-state index in [1.165, 1.54) is 0 Å². The average molecular weight is 1880 g/mol. The molecule has 688 valence electrons. The van der Waals surface area contributed by atoms with Crippen LogP contribution < -0.4 is 0 Å². The zero-order chi connectivity index (χ0) is 96.5. The zero-order valence-electron chi connectivity index (χ0n) is 77.7. The van der Waals surface area contributed by atoms with Gasteiger partial charge < -0.3 is 0 Å². The Balaban J connectivity index is 0.0000000907. The quantitative estimate of drug-likeness (QED) is 0.117. The Kier molecular flexibility index (Phi) is 20.8. The monoisotopic (exact) mass is 1880 g/mol. The van der Waals surface area contributed by atoms with Crippen LogP contribution in [0.4, 0.5) is 0 Å². The van der Waals surface area contributed by atoms with Crippen LogP contribution in [0.1, 0.15) is 0 Å². The molecule has 31 rings (SSSR count). The fraction of sp³-hybridized carbons (Fsp3) is 0. The fourth-order valence-electron chi connectivity index (χ4n) is 19.8. The molecule has 0 aliphatic rings. The van der Waals surface area contributed by atoms with Gasteiger partial charge in [-0.05, 0) is 182 Å². The first kappa shape index (κ1) is 84.5. The number of hydrogen-bond donors (Lipinski definition) is 0. The fourth-order valence-corrected chi connectivity index (χ4v) is 19.8. The first-order valence-corrected chi connectivity index (χ1v) is 47.6. The van der Waals surface area contributed by atoms with Crippen molar-refractivity contribution in [2.75, 3.05) is 0 Å². The second kappa shape index (κ2) is 35.9. The average Bonchev–Trinajstić information content (AvgIpc) is 1.58. The van der Waals surface area contributed by atoms with E-state index in [2.05, 4.69) is 211 Å². The Morgan fingerprint density at radius 1 is 0.171 bits per heavy atom. The molecule has 7 aromatic carbocycles. The van der Waals surface area contributed by atoms with Gasteiger partial charge in [-0.15, -0.1) is 0 Å². The van der Waals surface area contributed by atoms with Crippen LogP contribution in [0.2, 0.25) is 0 Å². The topological polar surface area (TPSA) is 253 Å². The second-order valence-corrected chi connectivity index (χ2v) is 34.8. The minimum absolute atomic E-state index is 0.602. The van der Waals surface area contributed by atoms with Crippen molar-refractivity contribution in [2.45, 2.75) is 0 Å². The molecule has 146 heavy (non-hydrogen) atoms. The summed E-state index contributed by atoms with van der Waals surface area (Å²) in [6.45, 7) is 0. The molecule has 0 fully saturated rings. The minimum atomic E-state index is 0.602. The van der Waals surface area contributed by atoms with E-state index in [0.717, 1.165) is 229 Å². The summed E-state index contributed by atoms with van der Waals surface area (Å²) < 4.78 is 21.4. The van der Waals surface area contributed by atoms with Crippen molar-refractivity contribution >= 4 is 139 Å². The Morgan fingerprint density at radius 2 is 0.527 bits per heavy atom. The lowest BCUT2D eigenvalue weighted by molar-refractivity contribution is 0.969. The van der Waals surface area contributed by atoms with Gasteiger partial charge in [-0.1, -0.05) is 200 Å². The van der Waals surface area contributed by atoms with Crippen LogP contribution in [0.3, 0.4) is 0 Å². The molecule has 24 heterocycles. The van der Waals surface area contributed by atoms with Gasteiger partial charge in [0.05, 0.1) is 85.5 Å². The van der Waals surface area contributed by atoms with Gasteiger partial charge in [-0.3, -0.25) is 74.7 Å². The van der Waals surface area contributed by atoms with Crippen LogP contribution in [0, 0.1) is 0 Å². The molecule has 24 aromatic heterocycles. The van der Waals surface area contributed by atoms with Crippen molar-refractivity contribution in [3.05, 3.63) is 475 Å². The number of para-hydroxylation sites is 5. The third kappa shape index (κ3) is 14.7. The Labute approximate surface area is 829 Å². The molecular weight excluding hydrogens is 1810 g/mol. The molecule has 0 unspecified atom stereocenters. The standard InChI is InChI=1S/C28H18N6.4C23H15N5/c1-3-9-19(10-4-1)22-17-23(20-11-5-2-6-12-20)31-28(30-22)34-24-14-8-7-13-21(24)26-27(34)33-16-15-29-18-25(33)32-26;1-2-11-19-16(8-1)22-23(27-15-6-4-12-20(27)26-22)28(19)21-13-7-10-18(25-21)17-9-3-5-14-24-17;1-2-10-19-17(8-1)22-23(27-14-4-3-11-20(27)26-22)28(19)21-12-5-9-18(25-21)16-7-6-13-24-15-16;1-2-8-19-17(6-1)22-23(27-15-4-3-9-20(27)26-22)28(19)21-10-5-7-18(25-21)16-11-13-24-14-12-16;1-2-6-20-18(5-1)22-23(27-14-4-3-7-21(27)26-22)28(20)17-8-9-19(25-15-17)16-10-12-24-13-11-16/h1-18H;4*1-15H. The minimum Gasteiger partial charge on any atom is -0.292 e. The lowest BCUT2D eigenvalue weighted by atomic mass is 10.1.